The van der Waals surface area contributed by atoms with E-state index in [0.717, 1.165) is 60.9 Å². The van der Waals surface area contributed by atoms with Crippen LogP contribution >= 0.6 is 0 Å². The van der Waals surface area contributed by atoms with Gasteiger partial charge in [0, 0.05) is 57.8 Å². The lowest BCUT2D eigenvalue weighted by Gasteiger charge is -2.11. The molecule has 8 aromatic rings. The molecular weight excluding hydrogens is 500 g/mol. The van der Waals surface area contributed by atoms with Gasteiger partial charge in [-0.3, -0.25) is 9.97 Å². The normalized spacial score (nSPS) is 11.4. The molecule has 0 spiro atoms. The smallest absolute Gasteiger partial charge is 0.143 e. The number of para-hydroxylation sites is 2. The first-order valence-corrected chi connectivity index (χ1v) is 13.7. The molecule has 3 nitrogen and oxygen atoms in total. The van der Waals surface area contributed by atoms with Crippen LogP contribution in [0.25, 0.3) is 77.2 Å². The van der Waals surface area contributed by atoms with Gasteiger partial charge in [0.15, 0.2) is 0 Å². The number of hydrogen-bond donors (Lipinski definition) is 0. The molecule has 3 heteroatoms. The van der Waals surface area contributed by atoms with Gasteiger partial charge in [-0.15, -0.1) is 0 Å². The molecule has 0 atom stereocenters. The monoisotopic (exact) mass is 524 g/mol. The minimum atomic E-state index is 0.885. The van der Waals surface area contributed by atoms with Crippen molar-refractivity contribution in [1.82, 2.24) is 9.97 Å². The highest BCUT2D eigenvalue weighted by molar-refractivity contribution is 6.15. The highest BCUT2D eigenvalue weighted by Gasteiger charge is 2.17. The maximum atomic E-state index is 6.84. The van der Waals surface area contributed by atoms with Crippen LogP contribution in [-0.2, 0) is 0 Å². The van der Waals surface area contributed by atoms with Gasteiger partial charge in [0.2, 0.25) is 0 Å². The molecule has 192 valence electrons. The van der Waals surface area contributed by atoms with E-state index in [4.69, 9.17) is 4.42 Å². The summed E-state index contributed by atoms with van der Waals surface area (Å²) in [5.74, 6) is 0. The van der Waals surface area contributed by atoms with Crippen molar-refractivity contribution in [3.63, 3.8) is 0 Å². The van der Waals surface area contributed by atoms with Crippen molar-refractivity contribution in [1.29, 1.82) is 0 Å². The Morgan fingerprint density at radius 1 is 0.390 bits per heavy atom. The number of furan rings is 1. The molecule has 0 N–H and O–H groups in total. The Balaban J connectivity index is 1.38. The van der Waals surface area contributed by atoms with Gasteiger partial charge in [0.05, 0.1) is 0 Å². The lowest BCUT2D eigenvalue weighted by atomic mass is 9.93. The van der Waals surface area contributed by atoms with E-state index in [2.05, 4.69) is 119 Å². The molecule has 0 bridgehead atoms. The Bertz CT molecular complexity index is 2140. The largest absolute Gasteiger partial charge is 0.455 e. The fraction of sp³-hybridized carbons (Fsp3) is 0. The third-order valence-electron chi connectivity index (χ3n) is 7.84. The van der Waals surface area contributed by atoms with Crippen LogP contribution in [0.1, 0.15) is 0 Å². The topological polar surface area (TPSA) is 38.9 Å². The zero-order chi connectivity index (χ0) is 27.2. The van der Waals surface area contributed by atoms with Crippen molar-refractivity contribution in [3.8, 4) is 44.5 Å². The van der Waals surface area contributed by atoms with Gasteiger partial charge in [-0.25, -0.2) is 0 Å². The third-order valence-corrected chi connectivity index (χ3v) is 7.84. The summed E-state index contributed by atoms with van der Waals surface area (Å²) in [6.45, 7) is 0. The summed E-state index contributed by atoms with van der Waals surface area (Å²) in [5, 5.41) is 4.65. The van der Waals surface area contributed by atoms with Crippen LogP contribution in [0.3, 0.4) is 0 Å². The van der Waals surface area contributed by atoms with Crippen LogP contribution in [0.5, 0.6) is 0 Å². The van der Waals surface area contributed by atoms with Crippen LogP contribution in [0, 0.1) is 0 Å². The molecule has 0 aliphatic rings. The van der Waals surface area contributed by atoms with Crippen LogP contribution in [0.2, 0.25) is 0 Å². The standard InChI is InChI=1S/C38H24N2O/c1-2-12-31-25(8-1)9-3-14-33(31)34-15-5-17-36-35-16-4-13-32(37(35)41-38(34)36)30-21-28(26-10-6-18-39-23-26)20-29(22-30)27-11-7-19-40-24-27/h1-24H. The van der Waals surface area contributed by atoms with Crippen molar-refractivity contribution in [3.05, 3.63) is 146 Å². The summed E-state index contributed by atoms with van der Waals surface area (Å²) in [4.78, 5) is 8.75. The summed E-state index contributed by atoms with van der Waals surface area (Å²) in [6, 6.07) is 42.7. The second-order valence-electron chi connectivity index (χ2n) is 10.3. The number of pyridine rings is 2. The minimum Gasteiger partial charge on any atom is -0.455 e. The van der Waals surface area contributed by atoms with Crippen LogP contribution in [-0.4, -0.2) is 9.97 Å². The van der Waals surface area contributed by atoms with Crippen molar-refractivity contribution < 1.29 is 4.42 Å². The molecule has 3 heterocycles. The highest BCUT2D eigenvalue weighted by Crippen LogP contribution is 2.42. The summed E-state index contributed by atoms with van der Waals surface area (Å²) in [6.07, 6.45) is 7.42. The molecule has 0 fully saturated rings. The van der Waals surface area contributed by atoms with Gasteiger partial charge in [-0.1, -0.05) is 91.0 Å². The molecular formula is C38H24N2O. The summed E-state index contributed by atoms with van der Waals surface area (Å²) in [7, 11) is 0. The zero-order valence-corrected chi connectivity index (χ0v) is 22.2. The fourth-order valence-electron chi connectivity index (χ4n) is 5.90. The second kappa shape index (κ2) is 9.58. The molecule has 3 aromatic heterocycles. The molecule has 8 rings (SSSR count). The Labute approximate surface area is 237 Å². The predicted molar refractivity (Wildman–Crippen MR) is 169 cm³/mol. The molecule has 5 aromatic carbocycles. The lowest BCUT2D eigenvalue weighted by Crippen LogP contribution is -1.87. The van der Waals surface area contributed by atoms with Crippen molar-refractivity contribution in [2.45, 2.75) is 0 Å². The molecule has 0 radical (unpaired) electrons. The number of fused-ring (bicyclic) bond motifs is 4. The van der Waals surface area contributed by atoms with Crippen molar-refractivity contribution in [2.24, 2.45) is 0 Å². The summed E-state index contributed by atoms with van der Waals surface area (Å²) >= 11 is 0. The molecule has 0 amide bonds. The van der Waals surface area contributed by atoms with E-state index < -0.39 is 0 Å². The van der Waals surface area contributed by atoms with E-state index in [1.54, 1.807) is 12.4 Å². The van der Waals surface area contributed by atoms with E-state index in [-0.39, 0.29) is 0 Å². The first kappa shape index (κ1) is 23.4. The van der Waals surface area contributed by atoms with Gasteiger partial charge in [-0.2, -0.15) is 0 Å². The van der Waals surface area contributed by atoms with Gasteiger partial charge < -0.3 is 4.42 Å². The van der Waals surface area contributed by atoms with Crippen molar-refractivity contribution in [2.75, 3.05) is 0 Å². The molecule has 0 unspecified atom stereocenters. The van der Waals surface area contributed by atoms with Crippen molar-refractivity contribution >= 4 is 32.7 Å². The molecule has 0 aliphatic carbocycles. The zero-order valence-electron chi connectivity index (χ0n) is 22.2. The van der Waals surface area contributed by atoms with Gasteiger partial charge >= 0.3 is 0 Å². The summed E-state index contributed by atoms with van der Waals surface area (Å²) < 4.78 is 6.84. The van der Waals surface area contributed by atoms with Crippen LogP contribution in [0.4, 0.5) is 0 Å². The van der Waals surface area contributed by atoms with Gasteiger partial charge in [0.25, 0.3) is 0 Å². The molecule has 41 heavy (non-hydrogen) atoms. The molecule has 0 saturated carbocycles. The Kier molecular flexibility index (Phi) is 5.46. The maximum absolute atomic E-state index is 6.84. The second-order valence-corrected chi connectivity index (χ2v) is 10.3. The average molecular weight is 525 g/mol. The lowest BCUT2D eigenvalue weighted by molar-refractivity contribution is 0.671. The number of nitrogens with zero attached hydrogens (tertiary/aromatic N) is 2. The molecule has 0 saturated heterocycles. The van der Waals surface area contributed by atoms with Crippen LogP contribution in [0.15, 0.2) is 151 Å². The Hall–Kier alpha value is -5.54. The minimum absolute atomic E-state index is 0.885. The summed E-state index contributed by atoms with van der Waals surface area (Å²) in [5.41, 5.74) is 10.5. The number of rotatable bonds is 4. The van der Waals surface area contributed by atoms with E-state index in [1.807, 2.05) is 24.5 Å². The average Bonchev–Trinajstić information content (AvgIpc) is 3.44. The number of benzene rings is 5. The maximum Gasteiger partial charge on any atom is 0.143 e. The number of aromatic nitrogens is 2. The van der Waals surface area contributed by atoms with E-state index in [1.165, 1.54) is 16.3 Å². The fourth-order valence-corrected chi connectivity index (χ4v) is 5.90. The van der Waals surface area contributed by atoms with Gasteiger partial charge in [0.1, 0.15) is 11.2 Å². The van der Waals surface area contributed by atoms with Crippen LogP contribution < -0.4 is 0 Å². The SMILES string of the molecule is c1cncc(-c2cc(-c3cccnc3)cc(-c3cccc4c3oc3c(-c5cccc6ccccc56)cccc34)c2)c1. The van der Waals surface area contributed by atoms with E-state index in [9.17, 15) is 0 Å². The quantitative estimate of drug-likeness (QED) is 0.230. The third kappa shape index (κ3) is 3.98. The molecule has 0 aliphatic heterocycles. The first-order chi connectivity index (χ1) is 20.3. The Morgan fingerprint density at radius 3 is 1.61 bits per heavy atom. The van der Waals surface area contributed by atoms with E-state index >= 15 is 0 Å². The van der Waals surface area contributed by atoms with Gasteiger partial charge in [-0.05, 0) is 63.4 Å². The highest BCUT2D eigenvalue weighted by atomic mass is 16.3. The first-order valence-electron chi connectivity index (χ1n) is 13.7. The number of hydrogen-bond acceptors (Lipinski definition) is 3. The Morgan fingerprint density at radius 2 is 0.927 bits per heavy atom. The predicted octanol–water partition coefficient (Wildman–Crippen LogP) is 10.2. The van der Waals surface area contributed by atoms with E-state index in [0.29, 0.717) is 0 Å².